The smallest absolute Gasteiger partial charge is 0.279 e. The number of halogens is 1. The lowest BCUT2D eigenvalue weighted by Gasteiger charge is -2.23. The molecular formula is C23H21FN4O4S2. The van der Waals surface area contributed by atoms with Crippen LogP contribution in [0.1, 0.15) is 43.0 Å². The first-order valence-corrected chi connectivity index (χ1v) is 13.1. The van der Waals surface area contributed by atoms with E-state index in [1.165, 1.54) is 42.5 Å². The zero-order valence-electron chi connectivity index (χ0n) is 17.9. The Bertz CT molecular complexity index is 1600. The third-order valence-corrected chi connectivity index (χ3v) is 8.04. The van der Waals surface area contributed by atoms with Crippen LogP contribution >= 0.6 is 11.3 Å². The summed E-state index contributed by atoms with van der Waals surface area (Å²) in [5.74, 6) is -1.15. The number of hydrogen-bond donors (Lipinski definition) is 2. The van der Waals surface area contributed by atoms with Crippen LogP contribution in [0.3, 0.4) is 0 Å². The first-order chi connectivity index (χ1) is 16.2. The standard InChI is InChI=1S/C23H21FN4O4S2/c24-13-6-11-18-17(12-13)19(21(29)27-18)20-22(30)28(15-4-2-1-3-5-15)23(33-20)26-14-7-9-16(10-8-14)34(25,31)32/h6-12,15,30H,1-5H2,(H2,25,31,32). The normalized spacial score (nSPS) is 17.2. The van der Waals surface area contributed by atoms with Gasteiger partial charge in [0.2, 0.25) is 15.9 Å². The van der Waals surface area contributed by atoms with Crippen LogP contribution in [-0.2, 0) is 14.8 Å². The quantitative estimate of drug-likeness (QED) is 0.569. The minimum absolute atomic E-state index is 0.0118. The van der Waals surface area contributed by atoms with Crippen LogP contribution in [-0.4, -0.2) is 24.0 Å². The maximum Gasteiger partial charge on any atom is 0.279 e. The van der Waals surface area contributed by atoms with Crippen molar-refractivity contribution in [2.24, 2.45) is 15.1 Å². The van der Waals surface area contributed by atoms with E-state index in [2.05, 4.69) is 9.98 Å². The topological polar surface area (TPSA) is 127 Å². The first-order valence-electron chi connectivity index (χ1n) is 10.8. The molecule has 8 nitrogen and oxygen atoms in total. The summed E-state index contributed by atoms with van der Waals surface area (Å²) in [6.07, 6.45) is 4.81. The highest BCUT2D eigenvalue weighted by Crippen LogP contribution is 2.36. The van der Waals surface area contributed by atoms with Gasteiger partial charge in [-0.2, -0.15) is 0 Å². The minimum atomic E-state index is -3.84. The molecule has 2 heterocycles. The summed E-state index contributed by atoms with van der Waals surface area (Å²) < 4.78 is 38.8. The lowest BCUT2D eigenvalue weighted by Crippen LogP contribution is -2.23. The number of rotatable bonds is 4. The molecule has 0 spiro atoms. The second-order valence-corrected chi connectivity index (χ2v) is 10.8. The van der Waals surface area contributed by atoms with Gasteiger partial charge >= 0.3 is 0 Å². The third kappa shape index (κ3) is 4.10. The molecule has 5 rings (SSSR count). The maximum absolute atomic E-state index is 14.0. The minimum Gasteiger partial charge on any atom is -0.493 e. The number of primary sulfonamides is 1. The van der Waals surface area contributed by atoms with Gasteiger partial charge in [-0.25, -0.2) is 27.9 Å². The van der Waals surface area contributed by atoms with Crippen molar-refractivity contribution in [2.75, 3.05) is 0 Å². The zero-order valence-corrected chi connectivity index (χ0v) is 19.6. The molecule has 34 heavy (non-hydrogen) atoms. The van der Waals surface area contributed by atoms with E-state index in [1.807, 2.05) is 0 Å². The molecule has 0 saturated heterocycles. The molecule has 1 fully saturated rings. The van der Waals surface area contributed by atoms with Crippen molar-refractivity contribution >= 4 is 38.5 Å². The van der Waals surface area contributed by atoms with E-state index in [-0.39, 0.29) is 27.3 Å². The van der Waals surface area contributed by atoms with Gasteiger partial charge < -0.3 is 5.11 Å². The van der Waals surface area contributed by atoms with E-state index >= 15 is 0 Å². The van der Waals surface area contributed by atoms with E-state index in [4.69, 9.17) is 5.14 Å². The van der Waals surface area contributed by atoms with Crippen LogP contribution in [0.2, 0.25) is 0 Å². The molecule has 1 saturated carbocycles. The van der Waals surface area contributed by atoms with Gasteiger partial charge in [0.25, 0.3) is 5.91 Å². The average molecular weight is 501 g/mol. The number of carbonyl (C=O) groups excluding carboxylic acids is 1. The van der Waals surface area contributed by atoms with Crippen LogP contribution in [0, 0.1) is 5.82 Å². The summed E-state index contributed by atoms with van der Waals surface area (Å²) in [7, 11) is -3.84. The van der Waals surface area contributed by atoms with Gasteiger partial charge in [0.05, 0.1) is 21.5 Å². The van der Waals surface area contributed by atoms with Crippen molar-refractivity contribution in [1.82, 2.24) is 4.57 Å². The number of thiazole rings is 1. The van der Waals surface area contributed by atoms with Gasteiger partial charge in [-0.1, -0.05) is 30.6 Å². The molecule has 2 aromatic carbocycles. The third-order valence-electron chi connectivity index (χ3n) is 6.05. The summed E-state index contributed by atoms with van der Waals surface area (Å²) in [5, 5.41) is 17.1. The monoisotopic (exact) mass is 500 g/mol. The largest absolute Gasteiger partial charge is 0.493 e. The molecule has 2 aliphatic rings. The molecule has 1 aromatic heterocycles. The van der Waals surface area contributed by atoms with E-state index in [0.29, 0.717) is 21.1 Å². The molecular weight excluding hydrogens is 479 g/mol. The Kier molecular flexibility index (Phi) is 5.70. The first kappa shape index (κ1) is 22.6. The number of aromatic hydroxyl groups is 1. The van der Waals surface area contributed by atoms with E-state index in [0.717, 1.165) is 43.4 Å². The van der Waals surface area contributed by atoms with Crippen molar-refractivity contribution in [3.8, 4) is 5.88 Å². The van der Waals surface area contributed by atoms with Crippen LogP contribution < -0.4 is 20.5 Å². The molecule has 3 aromatic rings. The molecule has 11 heteroatoms. The predicted octanol–water partition coefficient (Wildman–Crippen LogP) is 2.14. The summed E-state index contributed by atoms with van der Waals surface area (Å²) in [5.41, 5.74) is 0.608. The summed E-state index contributed by atoms with van der Waals surface area (Å²) in [4.78, 5) is 22.1. The van der Waals surface area contributed by atoms with Gasteiger partial charge in [0, 0.05) is 11.3 Å². The average Bonchev–Trinajstić information content (AvgIpc) is 3.28. The number of nitrogens with two attached hydrogens (primary N) is 1. The Labute approximate surface area is 198 Å². The number of carbonyl (C=O) groups is 1. The summed E-state index contributed by atoms with van der Waals surface area (Å²) in [6.45, 7) is 0. The molecule has 3 N–H and O–H groups in total. The van der Waals surface area contributed by atoms with Crippen molar-refractivity contribution in [2.45, 2.75) is 43.0 Å². The molecule has 0 radical (unpaired) electrons. The Balaban J connectivity index is 1.72. The van der Waals surface area contributed by atoms with Crippen LogP contribution in [0.4, 0.5) is 10.1 Å². The molecule has 1 amide bonds. The lowest BCUT2D eigenvalue weighted by atomic mass is 9.95. The van der Waals surface area contributed by atoms with E-state index < -0.39 is 21.7 Å². The van der Waals surface area contributed by atoms with Crippen LogP contribution in [0.5, 0.6) is 5.88 Å². The second-order valence-electron chi connectivity index (χ2n) is 8.30. The summed E-state index contributed by atoms with van der Waals surface area (Å²) in [6, 6.07) is 9.68. The fourth-order valence-corrected chi connectivity index (χ4v) is 6.09. The number of hydrogen-bond acceptors (Lipinski definition) is 6. The second kappa shape index (κ2) is 8.57. The SMILES string of the molecule is NS(=O)(=O)c1ccc(N=c2sc(C3=c4cc(F)ccc4=NC3=O)c(O)n2C2CCCCC2)cc1. The van der Waals surface area contributed by atoms with E-state index in [9.17, 15) is 22.7 Å². The Morgan fingerprint density at radius 3 is 2.50 bits per heavy atom. The maximum atomic E-state index is 14.0. The highest BCUT2D eigenvalue weighted by atomic mass is 32.2. The molecule has 1 aliphatic heterocycles. The van der Waals surface area contributed by atoms with Gasteiger partial charge in [-0.3, -0.25) is 9.36 Å². The van der Waals surface area contributed by atoms with Gasteiger partial charge in [-0.05, 0) is 55.3 Å². The summed E-state index contributed by atoms with van der Waals surface area (Å²) >= 11 is 1.12. The fraction of sp³-hybridized carbons (Fsp3) is 0.261. The predicted molar refractivity (Wildman–Crippen MR) is 124 cm³/mol. The van der Waals surface area contributed by atoms with Gasteiger partial charge in [0.1, 0.15) is 10.7 Å². The number of fused-ring (bicyclic) bond motifs is 1. The zero-order chi connectivity index (χ0) is 24.0. The fourth-order valence-electron chi connectivity index (χ4n) is 4.42. The Morgan fingerprint density at radius 1 is 1.12 bits per heavy atom. The Hall–Kier alpha value is -3.15. The molecule has 176 valence electrons. The van der Waals surface area contributed by atoms with E-state index in [1.54, 1.807) is 4.57 Å². The number of amides is 1. The van der Waals surface area contributed by atoms with Crippen molar-refractivity contribution < 1.29 is 22.7 Å². The molecule has 0 bridgehead atoms. The number of benzene rings is 2. The van der Waals surface area contributed by atoms with Crippen molar-refractivity contribution in [3.05, 3.63) is 68.5 Å². The Morgan fingerprint density at radius 2 is 1.82 bits per heavy atom. The number of aromatic nitrogens is 1. The molecule has 1 aliphatic carbocycles. The van der Waals surface area contributed by atoms with Gasteiger partial charge in [0.15, 0.2) is 4.80 Å². The number of sulfonamides is 1. The molecule has 0 unspecified atom stereocenters. The molecule has 0 atom stereocenters. The highest BCUT2D eigenvalue weighted by molar-refractivity contribution is 7.89. The number of nitrogens with zero attached hydrogens (tertiary/aromatic N) is 3. The van der Waals surface area contributed by atoms with Crippen molar-refractivity contribution in [1.29, 1.82) is 0 Å². The highest BCUT2D eigenvalue weighted by Gasteiger charge is 2.29. The van der Waals surface area contributed by atoms with Crippen molar-refractivity contribution in [3.63, 3.8) is 0 Å². The van der Waals surface area contributed by atoms with Crippen LogP contribution in [0.15, 0.2) is 57.3 Å². The lowest BCUT2D eigenvalue weighted by molar-refractivity contribution is -0.112. The van der Waals surface area contributed by atoms with Crippen LogP contribution in [0.25, 0.3) is 5.57 Å². The van der Waals surface area contributed by atoms with Gasteiger partial charge in [-0.15, -0.1) is 0 Å².